The van der Waals surface area contributed by atoms with Gasteiger partial charge in [0.25, 0.3) is 0 Å². The predicted octanol–water partition coefficient (Wildman–Crippen LogP) is 3.49. The second-order valence-electron chi connectivity index (χ2n) is 5.68. The van der Waals surface area contributed by atoms with Crippen molar-refractivity contribution in [1.82, 2.24) is 5.32 Å². The van der Waals surface area contributed by atoms with Gasteiger partial charge in [-0.15, -0.1) is 0 Å². The highest BCUT2D eigenvalue weighted by Gasteiger charge is 2.29. The van der Waals surface area contributed by atoms with Gasteiger partial charge in [0.05, 0.1) is 11.9 Å². The summed E-state index contributed by atoms with van der Waals surface area (Å²) in [5.41, 5.74) is 1.47. The number of nitrogens with one attached hydrogen (secondary N) is 1. The van der Waals surface area contributed by atoms with E-state index >= 15 is 0 Å². The summed E-state index contributed by atoms with van der Waals surface area (Å²) < 4.78 is 0. The summed E-state index contributed by atoms with van der Waals surface area (Å²) in [7, 11) is 0. The van der Waals surface area contributed by atoms with Gasteiger partial charge in [-0.05, 0) is 31.7 Å². The van der Waals surface area contributed by atoms with E-state index in [2.05, 4.69) is 42.6 Å². The zero-order chi connectivity index (χ0) is 12.4. The van der Waals surface area contributed by atoms with Crippen molar-refractivity contribution in [3.63, 3.8) is 0 Å². The van der Waals surface area contributed by atoms with Crippen molar-refractivity contribution in [2.24, 2.45) is 4.99 Å². The molecule has 0 radical (unpaired) electrons. The van der Waals surface area contributed by atoms with Crippen LogP contribution in [0.3, 0.4) is 0 Å². The Morgan fingerprint density at radius 1 is 1.11 bits per heavy atom. The van der Waals surface area contributed by atoms with Crippen LogP contribution in [0.15, 0.2) is 35.3 Å². The van der Waals surface area contributed by atoms with Crippen molar-refractivity contribution in [2.75, 3.05) is 0 Å². The molecule has 0 aromatic heterocycles. The van der Waals surface area contributed by atoms with Crippen LogP contribution in [-0.4, -0.2) is 17.9 Å². The number of nitrogens with zero attached hydrogens (tertiary/aromatic N) is 1. The van der Waals surface area contributed by atoms with Gasteiger partial charge in [0.2, 0.25) is 0 Å². The maximum absolute atomic E-state index is 4.99. The van der Waals surface area contributed by atoms with E-state index in [0.717, 1.165) is 6.42 Å². The van der Waals surface area contributed by atoms with Gasteiger partial charge in [-0.25, -0.2) is 0 Å². The molecular weight excluding hydrogens is 220 g/mol. The molecule has 1 aromatic carbocycles. The quantitative estimate of drug-likeness (QED) is 0.843. The molecule has 96 valence electrons. The normalized spacial score (nSPS) is 33.8. The van der Waals surface area contributed by atoms with Crippen molar-refractivity contribution in [3.05, 3.63) is 35.9 Å². The number of rotatable bonds is 2. The molecule has 2 nitrogen and oxygen atoms in total. The lowest BCUT2D eigenvalue weighted by atomic mass is 9.94. The molecule has 2 fully saturated rings. The van der Waals surface area contributed by atoms with Crippen LogP contribution in [0.2, 0.25) is 0 Å². The number of aliphatic imine (C=N–C) groups is 1. The van der Waals surface area contributed by atoms with Crippen molar-refractivity contribution >= 4 is 5.84 Å². The summed E-state index contributed by atoms with van der Waals surface area (Å²) >= 11 is 0. The Kier molecular flexibility index (Phi) is 3.35. The Hall–Kier alpha value is -1.31. The zero-order valence-corrected chi connectivity index (χ0v) is 11.1. The Labute approximate surface area is 110 Å². The van der Waals surface area contributed by atoms with Crippen molar-refractivity contribution in [2.45, 2.75) is 57.0 Å². The molecule has 1 N–H and O–H groups in total. The SMILES string of the molecule is CC1CCC(=NC2CCCC2c2ccccc2)N1. The van der Waals surface area contributed by atoms with Gasteiger partial charge in [0.1, 0.15) is 0 Å². The van der Waals surface area contributed by atoms with Crippen LogP contribution >= 0.6 is 0 Å². The van der Waals surface area contributed by atoms with E-state index in [-0.39, 0.29) is 0 Å². The highest BCUT2D eigenvalue weighted by atomic mass is 15.1. The average Bonchev–Trinajstić information content (AvgIpc) is 3.00. The van der Waals surface area contributed by atoms with Crippen molar-refractivity contribution < 1.29 is 0 Å². The van der Waals surface area contributed by atoms with Gasteiger partial charge >= 0.3 is 0 Å². The third-order valence-corrected chi connectivity index (χ3v) is 4.26. The van der Waals surface area contributed by atoms with Gasteiger partial charge in [-0.1, -0.05) is 36.8 Å². The van der Waals surface area contributed by atoms with E-state index in [9.17, 15) is 0 Å². The van der Waals surface area contributed by atoms with E-state index in [1.807, 2.05) is 0 Å². The van der Waals surface area contributed by atoms with Crippen LogP contribution in [0, 0.1) is 0 Å². The summed E-state index contributed by atoms with van der Waals surface area (Å²) in [6, 6.07) is 12.0. The minimum Gasteiger partial charge on any atom is -0.371 e. The lowest BCUT2D eigenvalue weighted by Crippen LogP contribution is -2.24. The van der Waals surface area contributed by atoms with Crippen LogP contribution in [0.1, 0.15) is 50.5 Å². The van der Waals surface area contributed by atoms with Gasteiger partial charge in [-0.2, -0.15) is 0 Å². The molecule has 0 spiro atoms. The van der Waals surface area contributed by atoms with E-state index in [1.54, 1.807) is 0 Å². The number of hydrogen-bond acceptors (Lipinski definition) is 1. The van der Waals surface area contributed by atoms with Crippen LogP contribution in [-0.2, 0) is 0 Å². The van der Waals surface area contributed by atoms with Crippen molar-refractivity contribution in [1.29, 1.82) is 0 Å². The fourth-order valence-electron chi connectivity index (χ4n) is 3.27. The first kappa shape index (κ1) is 11.8. The monoisotopic (exact) mass is 242 g/mol. The number of amidine groups is 1. The van der Waals surface area contributed by atoms with Gasteiger partial charge < -0.3 is 5.32 Å². The third-order valence-electron chi connectivity index (χ3n) is 4.26. The molecule has 1 saturated heterocycles. The molecular formula is C16H22N2. The lowest BCUT2D eigenvalue weighted by Gasteiger charge is -2.17. The molecule has 0 bridgehead atoms. The molecule has 1 aliphatic carbocycles. The third kappa shape index (κ3) is 2.43. The van der Waals surface area contributed by atoms with Crippen molar-refractivity contribution in [3.8, 4) is 0 Å². The molecule has 3 atom stereocenters. The largest absolute Gasteiger partial charge is 0.371 e. The number of hydrogen-bond donors (Lipinski definition) is 1. The Morgan fingerprint density at radius 2 is 1.94 bits per heavy atom. The topological polar surface area (TPSA) is 24.4 Å². The fourth-order valence-corrected chi connectivity index (χ4v) is 3.27. The van der Waals surface area contributed by atoms with Gasteiger partial charge in [0.15, 0.2) is 0 Å². The summed E-state index contributed by atoms with van der Waals surface area (Å²) in [4.78, 5) is 4.99. The van der Waals surface area contributed by atoms with Gasteiger partial charge in [-0.3, -0.25) is 4.99 Å². The molecule has 1 aliphatic heterocycles. The summed E-state index contributed by atoms with van der Waals surface area (Å²) in [6.07, 6.45) is 6.23. The average molecular weight is 242 g/mol. The Balaban J connectivity index is 1.76. The maximum atomic E-state index is 4.99. The molecule has 1 saturated carbocycles. The van der Waals surface area contributed by atoms with Crippen LogP contribution in [0.5, 0.6) is 0 Å². The van der Waals surface area contributed by atoms with E-state index in [4.69, 9.17) is 4.99 Å². The number of benzene rings is 1. The smallest absolute Gasteiger partial charge is 0.0969 e. The molecule has 1 aromatic rings. The maximum Gasteiger partial charge on any atom is 0.0969 e. The highest BCUT2D eigenvalue weighted by Crippen LogP contribution is 2.36. The molecule has 3 rings (SSSR count). The first-order chi connectivity index (χ1) is 8.83. The second-order valence-corrected chi connectivity index (χ2v) is 5.68. The molecule has 18 heavy (non-hydrogen) atoms. The second kappa shape index (κ2) is 5.13. The first-order valence-electron chi connectivity index (χ1n) is 7.21. The van der Waals surface area contributed by atoms with Crippen LogP contribution in [0.25, 0.3) is 0 Å². The molecule has 3 unspecified atom stereocenters. The molecule has 2 heteroatoms. The van der Waals surface area contributed by atoms with E-state index < -0.39 is 0 Å². The Bertz CT molecular complexity index is 424. The molecule has 2 aliphatic rings. The van der Waals surface area contributed by atoms with Gasteiger partial charge in [0, 0.05) is 18.4 Å². The minimum atomic E-state index is 0.500. The zero-order valence-electron chi connectivity index (χ0n) is 11.1. The lowest BCUT2D eigenvalue weighted by molar-refractivity contribution is 0.611. The van der Waals surface area contributed by atoms with E-state index in [0.29, 0.717) is 18.0 Å². The van der Waals surface area contributed by atoms with Crippen LogP contribution in [0.4, 0.5) is 0 Å². The first-order valence-corrected chi connectivity index (χ1v) is 7.21. The summed E-state index contributed by atoms with van der Waals surface area (Å²) in [5.74, 6) is 1.88. The summed E-state index contributed by atoms with van der Waals surface area (Å²) in [6.45, 7) is 2.24. The highest BCUT2D eigenvalue weighted by molar-refractivity contribution is 5.84. The Morgan fingerprint density at radius 3 is 2.67 bits per heavy atom. The minimum absolute atomic E-state index is 0.500. The predicted molar refractivity (Wildman–Crippen MR) is 76.1 cm³/mol. The summed E-state index contributed by atoms with van der Waals surface area (Å²) in [5, 5.41) is 3.50. The standard InChI is InChI=1S/C16H22N2/c1-12-10-11-16(17-12)18-15-9-5-8-14(15)13-6-3-2-4-7-13/h2-4,6-7,12,14-15H,5,8-11H2,1H3,(H,17,18). The van der Waals surface area contributed by atoms with E-state index in [1.165, 1.54) is 37.1 Å². The fraction of sp³-hybridized carbons (Fsp3) is 0.562. The van der Waals surface area contributed by atoms with Crippen LogP contribution < -0.4 is 5.32 Å². The molecule has 0 amide bonds. The molecule has 1 heterocycles.